The van der Waals surface area contributed by atoms with Gasteiger partial charge >= 0.3 is 0 Å². The Hall–Kier alpha value is -0.810. The summed E-state index contributed by atoms with van der Waals surface area (Å²) >= 11 is 5.09. The van der Waals surface area contributed by atoms with Crippen molar-refractivity contribution in [3.05, 3.63) is 0 Å². The SMILES string of the molecule is CCC(SCCN=C=O)(SCCN=C=O)SCCN=C=O. The number of thioether (sulfide) groups is 3. The molecule has 0 unspecified atom stereocenters. The molecule has 0 rings (SSSR count). The summed E-state index contributed by atoms with van der Waals surface area (Å²) in [6.45, 7) is 3.35. The molecule has 0 aromatic heterocycles. The second kappa shape index (κ2) is 14.1. The van der Waals surface area contributed by atoms with Crippen LogP contribution in [0.2, 0.25) is 0 Å². The Morgan fingerprint density at radius 1 is 0.762 bits per heavy atom. The van der Waals surface area contributed by atoms with E-state index in [0.29, 0.717) is 36.9 Å². The predicted molar refractivity (Wildman–Crippen MR) is 89.4 cm³/mol. The number of rotatable bonds is 13. The van der Waals surface area contributed by atoms with Gasteiger partial charge in [-0.05, 0) is 6.42 Å². The number of aliphatic imine (C=N–C) groups is 3. The van der Waals surface area contributed by atoms with E-state index in [1.165, 1.54) is 18.2 Å². The zero-order valence-electron chi connectivity index (χ0n) is 11.7. The fraction of sp³-hybridized carbons (Fsp3) is 0.750. The molecule has 0 saturated heterocycles. The highest BCUT2D eigenvalue weighted by atomic mass is 32.3. The van der Waals surface area contributed by atoms with E-state index < -0.39 is 0 Å². The van der Waals surface area contributed by atoms with Crippen LogP contribution in [-0.2, 0) is 14.4 Å². The number of carbonyl (C=O) groups excluding carboxylic acids is 3. The first-order valence-corrected chi connectivity index (χ1v) is 9.23. The normalized spacial score (nSPS) is 12.4. The summed E-state index contributed by atoms with van der Waals surface area (Å²) in [5, 5.41) is 0. The predicted octanol–water partition coefficient (Wildman–Crippen LogP) is 2.26. The molecule has 0 N–H and O–H groups in total. The summed E-state index contributed by atoms with van der Waals surface area (Å²) in [5.74, 6) is 2.12. The molecule has 0 radical (unpaired) electrons. The van der Waals surface area contributed by atoms with Crippen molar-refractivity contribution < 1.29 is 14.4 Å². The molecule has 0 aliphatic carbocycles. The first-order valence-electron chi connectivity index (χ1n) is 6.27. The molecular weight excluding hydrogens is 330 g/mol. The first kappa shape index (κ1) is 20.2. The van der Waals surface area contributed by atoms with Crippen LogP contribution in [0.4, 0.5) is 0 Å². The molecule has 0 aliphatic heterocycles. The molecule has 116 valence electrons. The van der Waals surface area contributed by atoms with Crippen LogP contribution in [0.3, 0.4) is 0 Å². The number of nitrogens with zero attached hydrogens (tertiary/aromatic N) is 3. The standard InChI is InChI=1S/C12H17N3O3S3/c1-2-12(19-6-3-13-9-16,20-7-4-14-10-17)21-8-5-15-11-18/h2-8H2,1H3. The maximum Gasteiger partial charge on any atom is 0.234 e. The molecule has 0 spiro atoms. The molecule has 9 heteroatoms. The molecule has 0 heterocycles. The molecule has 0 atom stereocenters. The van der Waals surface area contributed by atoms with E-state index in [4.69, 9.17) is 0 Å². The Labute approximate surface area is 136 Å². The average Bonchev–Trinajstić information content (AvgIpc) is 2.51. The Morgan fingerprint density at radius 3 is 1.33 bits per heavy atom. The van der Waals surface area contributed by atoms with Crippen molar-refractivity contribution in [2.75, 3.05) is 36.9 Å². The zero-order chi connectivity index (χ0) is 15.8. The maximum absolute atomic E-state index is 10.1. The highest BCUT2D eigenvalue weighted by Gasteiger charge is 2.29. The highest BCUT2D eigenvalue weighted by molar-refractivity contribution is 8.33. The lowest BCUT2D eigenvalue weighted by atomic mass is 10.6. The quantitative estimate of drug-likeness (QED) is 0.220. The number of hydrogen-bond donors (Lipinski definition) is 0. The Morgan fingerprint density at radius 2 is 1.10 bits per heavy atom. The van der Waals surface area contributed by atoms with Gasteiger partial charge in [0.1, 0.15) is 3.41 Å². The average molecular weight is 347 g/mol. The number of hydrogen-bond acceptors (Lipinski definition) is 9. The first-order chi connectivity index (χ1) is 10.2. The smallest absolute Gasteiger partial charge is 0.211 e. The lowest BCUT2D eigenvalue weighted by molar-refractivity contribution is 0.562. The molecule has 0 fully saturated rings. The molecule has 6 nitrogen and oxygen atoms in total. The lowest BCUT2D eigenvalue weighted by Gasteiger charge is -2.30. The third kappa shape index (κ3) is 10.5. The summed E-state index contributed by atoms with van der Waals surface area (Å²) in [4.78, 5) is 40.9. The van der Waals surface area contributed by atoms with Crippen LogP contribution in [0.1, 0.15) is 13.3 Å². The van der Waals surface area contributed by atoms with Crippen LogP contribution >= 0.6 is 35.3 Å². The van der Waals surface area contributed by atoms with E-state index in [9.17, 15) is 14.4 Å². The lowest BCUT2D eigenvalue weighted by Crippen LogP contribution is -2.18. The van der Waals surface area contributed by atoms with E-state index in [2.05, 4.69) is 21.9 Å². The van der Waals surface area contributed by atoms with E-state index >= 15 is 0 Å². The van der Waals surface area contributed by atoms with E-state index in [1.54, 1.807) is 35.3 Å². The minimum atomic E-state index is -0.130. The van der Waals surface area contributed by atoms with Crippen LogP contribution in [0, 0.1) is 0 Å². The van der Waals surface area contributed by atoms with Gasteiger partial charge in [0.05, 0.1) is 19.6 Å². The van der Waals surface area contributed by atoms with Crippen molar-refractivity contribution in [1.82, 2.24) is 0 Å². The van der Waals surface area contributed by atoms with Gasteiger partial charge in [0.15, 0.2) is 0 Å². The van der Waals surface area contributed by atoms with Crippen LogP contribution in [0.25, 0.3) is 0 Å². The largest absolute Gasteiger partial charge is 0.234 e. The van der Waals surface area contributed by atoms with Crippen LogP contribution in [-0.4, -0.2) is 58.5 Å². The minimum absolute atomic E-state index is 0.130. The summed E-state index contributed by atoms with van der Waals surface area (Å²) in [7, 11) is 0. The van der Waals surface area contributed by atoms with Crippen molar-refractivity contribution in [2.45, 2.75) is 16.8 Å². The van der Waals surface area contributed by atoms with Crippen molar-refractivity contribution in [1.29, 1.82) is 0 Å². The van der Waals surface area contributed by atoms with Gasteiger partial charge in [-0.25, -0.2) is 29.4 Å². The van der Waals surface area contributed by atoms with Crippen molar-refractivity contribution in [3.8, 4) is 0 Å². The van der Waals surface area contributed by atoms with E-state index in [0.717, 1.165) is 6.42 Å². The number of isocyanates is 3. The van der Waals surface area contributed by atoms with Gasteiger partial charge in [0, 0.05) is 17.3 Å². The van der Waals surface area contributed by atoms with Crippen LogP contribution in [0.5, 0.6) is 0 Å². The van der Waals surface area contributed by atoms with Gasteiger partial charge < -0.3 is 0 Å². The van der Waals surface area contributed by atoms with Gasteiger partial charge in [0.25, 0.3) is 0 Å². The van der Waals surface area contributed by atoms with Crippen molar-refractivity contribution in [2.24, 2.45) is 15.0 Å². The maximum atomic E-state index is 10.1. The second-order valence-corrected chi connectivity index (χ2v) is 8.46. The molecule has 0 amide bonds. The Kier molecular flexibility index (Phi) is 13.6. The van der Waals surface area contributed by atoms with Crippen LogP contribution < -0.4 is 0 Å². The summed E-state index contributed by atoms with van der Waals surface area (Å²) in [6.07, 6.45) is 5.45. The minimum Gasteiger partial charge on any atom is -0.211 e. The van der Waals surface area contributed by atoms with Crippen molar-refractivity contribution >= 4 is 53.5 Å². The van der Waals surface area contributed by atoms with E-state index in [-0.39, 0.29) is 3.41 Å². The summed E-state index contributed by atoms with van der Waals surface area (Å²) in [6, 6.07) is 0. The second-order valence-electron chi connectivity index (χ2n) is 3.50. The van der Waals surface area contributed by atoms with Gasteiger partial charge in [0.2, 0.25) is 18.2 Å². The monoisotopic (exact) mass is 347 g/mol. The molecule has 0 aliphatic rings. The summed E-state index contributed by atoms with van der Waals surface area (Å²) < 4.78 is -0.130. The molecule has 0 aromatic carbocycles. The topological polar surface area (TPSA) is 88.3 Å². The third-order valence-electron chi connectivity index (χ3n) is 2.20. The Balaban J connectivity index is 4.51. The molecule has 0 saturated carbocycles. The van der Waals surface area contributed by atoms with E-state index in [1.807, 2.05) is 0 Å². The summed E-state index contributed by atoms with van der Waals surface area (Å²) in [5.41, 5.74) is 0. The molecule has 21 heavy (non-hydrogen) atoms. The van der Waals surface area contributed by atoms with Gasteiger partial charge in [-0.1, -0.05) is 6.92 Å². The highest BCUT2D eigenvalue weighted by Crippen LogP contribution is 2.49. The van der Waals surface area contributed by atoms with Gasteiger partial charge in [-0.2, -0.15) is 0 Å². The Bertz CT molecular complexity index is 369. The molecule has 0 bridgehead atoms. The third-order valence-corrected chi connectivity index (χ3v) is 7.67. The van der Waals surface area contributed by atoms with Crippen LogP contribution in [0.15, 0.2) is 15.0 Å². The van der Waals surface area contributed by atoms with Gasteiger partial charge in [-0.3, -0.25) is 0 Å². The van der Waals surface area contributed by atoms with Crippen molar-refractivity contribution in [3.63, 3.8) is 0 Å². The molecular formula is C12H17N3O3S3. The zero-order valence-corrected chi connectivity index (χ0v) is 14.2. The fourth-order valence-electron chi connectivity index (χ4n) is 1.31. The molecule has 0 aromatic rings. The fourth-order valence-corrected chi connectivity index (χ4v) is 5.90. The van der Waals surface area contributed by atoms with Gasteiger partial charge in [-0.15, -0.1) is 35.3 Å².